The van der Waals surface area contributed by atoms with Crippen molar-refractivity contribution in [3.05, 3.63) is 29.3 Å². The molecule has 28 heavy (non-hydrogen) atoms. The smallest absolute Gasteiger partial charge is 0.408 e. The number of aliphatic hydroxyl groups excluding tert-OH is 1. The summed E-state index contributed by atoms with van der Waals surface area (Å²) in [6.45, 7) is 9.54. The molecule has 0 saturated carbocycles. The maximum absolute atomic E-state index is 12.5. The number of ether oxygens (including phenoxy) is 2. The Balaban J connectivity index is 2.97. The molecule has 0 spiro atoms. The fourth-order valence-corrected chi connectivity index (χ4v) is 2.99. The van der Waals surface area contributed by atoms with Gasteiger partial charge in [-0.2, -0.15) is 0 Å². The van der Waals surface area contributed by atoms with Crippen LogP contribution in [0.4, 0.5) is 4.79 Å². The van der Waals surface area contributed by atoms with Crippen LogP contribution in [0.15, 0.2) is 18.2 Å². The molecule has 0 aliphatic heterocycles. The molecule has 0 heterocycles. The number of rotatable bonds is 8. The number of nitrogens with zero attached hydrogens (tertiary/aromatic N) is 1. The second-order valence-electron chi connectivity index (χ2n) is 8.20. The minimum Gasteiger partial charge on any atom is -0.496 e. The lowest BCUT2D eigenvalue weighted by Gasteiger charge is -2.34. The van der Waals surface area contributed by atoms with Crippen LogP contribution in [0.1, 0.15) is 45.7 Å². The lowest BCUT2D eigenvalue weighted by Crippen LogP contribution is -2.53. The summed E-state index contributed by atoms with van der Waals surface area (Å²) in [6, 6.07) is 5.36. The molecule has 2 N–H and O–H groups in total. The predicted molar refractivity (Wildman–Crippen MR) is 112 cm³/mol. The number of benzene rings is 1. The molecule has 0 aliphatic rings. The first-order chi connectivity index (χ1) is 12.9. The van der Waals surface area contributed by atoms with Gasteiger partial charge in [0.05, 0.1) is 24.6 Å². The summed E-state index contributed by atoms with van der Waals surface area (Å²) in [5, 5.41) is 12.3. The second-order valence-corrected chi connectivity index (χ2v) is 8.76. The Hall–Kier alpha value is -1.80. The number of nitrogens with one attached hydrogen (secondary N) is 1. The quantitative estimate of drug-likeness (QED) is 0.583. The minimum absolute atomic E-state index is 0.0898. The Kier molecular flexibility index (Phi) is 8.75. The van der Waals surface area contributed by atoms with Gasteiger partial charge in [-0.15, -0.1) is 0 Å². The van der Waals surface area contributed by atoms with E-state index in [-0.39, 0.29) is 24.4 Å². The molecule has 0 unspecified atom stereocenters. The maximum Gasteiger partial charge on any atom is 0.408 e. The number of hydrogen-bond donors (Lipinski definition) is 2. The van der Waals surface area contributed by atoms with E-state index >= 15 is 0 Å². The van der Waals surface area contributed by atoms with Gasteiger partial charge in [0.1, 0.15) is 11.4 Å². The van der Waals surface area contributed by atoms with Gasteiger partial charge in [0.2, 0.25) is 5.91 Å². The van der Waals surface area contributed by atoms with Crippen LogP contribution in [0.25, 0.3) is 0 Å². The molecule has 1 rings (SSSR count). The predicted octanol–water partition coefficient (Wildman–Crippen LogP) is 3.21. The molecule has 1 aromatic carbocycles. The second kappa shape index (κ2) is 10.1. The van der Waals surface area contributed by atoms with E-state index in [1.807, 2.05) is 19.9 Å². The number of carbonyl (C=O) groups is 2. The van der Waals surface area contributed by atoms with Gasteiger partial charge in [0.25, 0.3) is 0 Å². The van der Waals surface area contributed by atoms with E-state index in [0.717, 1.165) is 11.1 Å². The average Bonchev–Trinajstić information content (AvgIpc) is 2.58. The third-order valence-corrected chi connectivity index (χ3v) is 4.27. The molecular weight excluding hydrogens is 428 g/mol. The molecular formula is C20H31BrN2O5. The Morgan fingerprint density at radius 3 is 2.36 bits per heavy atom. The van der Waals surface area contributed by atoms with E-state index in [1.54, 1.807) is 44.9 Å². The van der Waals surface area contributed by atoms with Crippen molar-refractivity contribution in [3.8, 4) is 5.75 Å². The van der Waals surface area contributed by atoms with E-state index in [9.17, 15) is 14.7 Å². The number of hydrogen-bond acceptors (Lipinski definition) is 5. The minimum atomic E-state index is -0.710. The number of alkyl halides is 1. The first-order valence-corrected chi connectivity index (χ1v) is 10.1. The van der Waals surface area contributed by atoms with Crippen molar-refractivity contribution in [2.75, 3.05) is 19.0 Å². The number of aliphatic hydroxyl groups is 1. The Labute approximate surface area is 175 Å². The highest BCUT2D eigenvalue weighted by molar-refractivity contribution is 9.09. The average molecular weight is 459 g/mol. The summed E-state index contributed by atoms with van der Waals surface area (Å²) in [7, 11) is 1.55. The SMILES string of the molecule is COc1cc(CO)ccc1CN(CC(C)(C)NC(=O)OC(C)(C)C)C(=O)CBr. The highest BCUT2D eigenvalue weighted by Crippen LogP contribution is 2.23. The van der Waals surface area contributed by atoms with E-state index in [1.165, 1.54) is 0 Å². The first-order valence-electron chi connectivity index (χ1n) is 9.02. The number of halogens is 1. The normalized spacial score (nSPS) is 11.7. The Bertz CT molecular complexity index is 686. The van der Waals surface area contributed by atoms with Crippen molar-refractivity contribution < 1.29 is 24.2 Å². The van der Waals surface area contributed by atoms with Crippen LogP contribution in [-0.2, 0) is 22.7 Å². The van der Waals surface area contributed by atoms with Crippen LogP contribution in [0.2, 0.25) is 0 Å². The zero-order chi connectivity index (χ0) is 21.5. The van der Waals surface area contributed by atoms with Gasteiger partial charge in [-0.1, -0.05) is 28.1 Å². The van der Waals surface area contributed by atoms with Gasteiger partial charge < -0.3 is 24.8 Å². The molecule has 2 amide bonds. The van der Waals surface area contributed by atoms with Gasteiger partial charge >= 0.3 is 6.09 Å². The summed E-state index contributed by atoms with van der Waals surface area (Å²) < 4.78 is 10.7. The summed E-state index contributed by atoms with van der Waals surface area (Å²) in [4.78, 5) is 26.3. The number of amides is 2. The fourth-order valence-electron chi connectivity index (χ4n) is 2.64. The third kappa shape index (κ3) is 8.06. The van der Waals surface area contributed by atoms with Gasteiger partial charge in [-0.25, -0.2) is 4.79 Å². The molecule has 1 aromatic rings. The Morgan fingerprint density at radius 2 is 1.86 bits per heavy atom. The van der Waals surface area contributed by atoms with Gasteiger partial charge in [0.15, 0.2) is 0 Å². The molecule has 8 heteroatoms. The molecule has 0 atom stereocenters. The zero-order valence-corrected chi connectivity index (χ0v) is 19.1. The third-order valence-electron chi connectivity index (χ3n) is 3.79. The molecule has 0 bridgehead atoms. The Morgan fingerprint density at radius 1 is 1.21 bits per heavy atom. The van der Waals surface area contributed by atoms with E-state index in [0.29, 0.717) is 12.3 Å². The lowest BCUT2D eigenvalue weighted by molar-refractivity contribution is -0.129. The maximum atomic E-state index is 12.5. The van der Waals surface area contributed by atoms with E-state index in [4.69, 9.17) is 9.47 Å². The molecule has 0 fully saturated rings. The van der Waals surface area contributed by atoms with Crippen molar-refractivity contribution >= 4 is 27.9 Å². The van der Waals surface area contributed by atoms with Crippen LogP contribution in [-0.4, -0.2) is 52.1 Å². The topological polar surface area (TPSA) is 88.1 Å². The summed E-state index contributed by atoms with van der Waals surface area (Å²) in [5.74, 6) is 0.476. The fraction of sp³-hybridized carbons (Fsp3) is 0.600. The van der Waals surface area contributed by atoms with Gasteiger partial charge in [-0.05, 0) is 46.2 Å². The van der Waals surface area contributed by atoms with Crippen molar-refractivity contribution in [1.82, 2.24) is 10.2 Å². The van der Waals surface area contributed by atoms with E-state index in [2.05, 4.69) is 21.2 Å². The van der Waals surface area contributed by atoms with E-state index < -0.39 is 17.2 Å². The molecule has 7 nitrogen and oxygen atoms in total. The number of alkyl carbamates (subject to hydrolysis) is 1. The molecule has 0 saturated heterocycles. The highest BCUT2D eigenvalue weighted by Gasteiger charge is 2.29. The standard InChI is InChI=1S/C20H31BrN2O5/c1-19(2,3)28-18(26)22-20(4,5)13-23(17(25)10-21)11-15-8-7-14(12-24)9-16(15)27-6/h7-9,24H,10-13H2,1-6H3,(H,22,26). The molecule has 158 valence electrons. The molecule has 0 aromatic heterocycles. The lowest BCUT2D eigenvalue weighted by atomic mass is 10.0. The number of carbonyl (C=O) groups excluding carboxylic acids is 2. The summed E-state index contributed by atoms with van der Waals surface area (Å²) in [5.41, 5.74) is 0.221. The van der Waals surface area contributed by atoms with Crippen LogP contribution in [0.5, 0.6) is 5.75 Å². The van der Waals surface area contributed by atoms with Crippen LogP contribution in [0.3, 0.4) is 0 Å². The monoisotopic (exact) mass is 458 g/mol. The first kappa shape index (κ1) is 24.2. The largest absolute Gasteiger partial charge is 0.496 e. The van der Waals surface area contributed by atoms with Crippen LogP contribution >= 0.6 is 15.9 Å². The van der Waals surface area contributed by atoms with Crippen molar-refractivity contribution in [2.24, 2.45) is 0 Å². The number of methoxy groups -OCH3 is 1. The van der Waals surface area contributed by atoms with Crippen LogP contribution < -0.4 is 10.1 Å². The summed E-state index contributed by atoms with van der Waals surface area (Å²) in [6.07, 6.45) is -0.534. The van der Waals surface area contributed by atoms with Gasteiger partial charge in [-0.3, -0.25) is 4.79 Å². The van der Waals surface area contributed by atoms with Crippen molar-refractivity contribution in [2.45, 2.75) is 58.9 Å². The molecule has 0 radical (unpaired) electrons. The van der Waals surface area contributed by atoms with Crippen LogP contribution in [0, 0.1) is 0 Å². The molecule has 0 aliphatic carbocycles. The van der Waals surface area contributed by atoms with Gasteiger partial charge in [0, 0.05) is 18.7 Å². The highest BCUT2D eigenvalue weighted by atomic mass is 79.9. The summed E-state index contributed by atoms with van der Waals surface area (Å²) >= 11 is 3.22. The zero-order valence-electron chi connectivity index (χ0n) is 17.5. The van der Waals surface area contributed by atoms with Crippen molar-refractivity contribution in [1.29, 1.82) is 0 Å². The van der Waals surface area contributed by atoms with Crippen molar-refractivity contribution in [3.63, 3.8) is 0 Å².